The largest absolute Gasteiger partial charge is 0.460 e. The van der Waals surface area contributed by atoms with Crippen LogP contribution in [0, 0.1) is 0 Å². The van der Waals surface area contributed by atoms with Gasteiger partial charge < -0.3 is 19.3 Å². The van der Waals surface area contributed by atoms with Gasteiger partial charge in [-0.05, 0) is 26.9 Å². The molecule has 0 radical (unpaired) electrons. The molecule has 6 nitrogen and oxygen atoms in total. The number of amides is 1. The van der Waals surface area contributed by atoms with E-state index in [0.717, 1.165) is 19.6 Å². The Morgan fingerprint density at radius 2 is 1.62 bits per heavy atom. The summed E-state index contributed by atoms with van der Waals surface area (Å²) in [6.45, 7) is 15.0. The number of esters is 1. The van der Waals surface area contributed by atoms with Crippen molar-refractivity contribution in [3.8, 4) is 0 Å². The van der Waals surface area contributed by atoms with Crippen LogP contribution in [0.15, 0.2) is 12.2 Å². The van der Waals surface area contributed by atoms with Crippen molar-refractivity contribution in [3.63, 3.8) is 0 Å². The molecule has 1 amide bonds. The Morgan fingerprint density at radius 3 is 2.10 bits per heavy atom. The molecule has 0 saturated carbocycles. The lowest BCUT2D eigenvalue weighted by molar-refractivity contribution is -0.139. The van der Waals surface area contributed by atoms with Crippen molar-refractivity contribution in [2.75, 3.05) is 45.9 Å². The van der Waals surface area contributed by atoms with Gasteiger partial charge in [0.15, 0.2) is 0 Å². The summed E-state index contributed by atoms with van der Waals surface area (Å²) in [6, 6.07) is 0. The molecule has 0 aliphatic carbocycles. The van der Waals surface area contributed by atoms with E-state index in [1.54, 1.807) is 18.7 Å². The topological polar surface area (TPSA) is 59.1 Å². The Hall–Kier alpha value is -1.56. The van der Waals surface area contributed by atoms with E-state index in [4.69, 9.17) is 9.47 Å². The normalized spacial score (nSPS) is 10.3. The summed E-state index contributed by atoms with van der Waals surface area (Å²) in [7, 11) is 0. The van der Waals surface area contributed by atoms with Gasteiger partial charge in [-0.15, -0.1) is 0 Å². The SMILES string of the molecule is C=C(C)C(=O)OCCN(CCN(CC)CC)C(=O)OCC. The summed E-state index contributed by atoms with van der Waals surface area (Å²) in [6.07, 6.45) is -0.379. The van der Waals surface area contributed by atoms with Crippen molar-refractivity contribution in [2.24, 2.45) is 0 Å². The van der Waals surface area contributed by atoms with Crippen LogP contribution in [0.25, 0.3) is 0 Å². The monoisotopic (exact) mass is 300 g/mol. The Labute approximate surface area is 127 Å². The fourth-order valence-corrected chi connectivity index (χ4v) is 1.68. The summed E-state index contributed by atoms with van der Waals surface area (Å²) < 4.78 is 10.0. The lowest BCUT2D eigenvalue weighted by atomic mass is 10.4. The van der Waals surface area contributed by atoms with Gasteiger partial charge in [-0.1, -0.05) is 20.4 Å². The molecule has 0 spiro atoms. The lowest BCUT2D eigenvalue weighted by Gasteiger charge is -2.25. The van der Waals surface area contributed by atoms with Gasteiger partial charge in [0.05, 0.1) is 13.2 Å². The summed E-state index contributed by atoms with van der Waals surface area (Å²) in [5, 5.41) is 0. The molecule has 0 aromatic heterocycles. The zero-order valence-electron chi connectivity index (χ0n) is 13.7. The minimum absolute atomic E-state index is 0.142. The first kappa shape index (κ1) is 19.4. The van der Waals surface area contributed by atoms with Crippen LogP contribution in [0.4, 0.5) is 4.79 Å². The van der Waals surface area contributed by atoms with E-state index in [1.807, 2.05) is 0 Å². The highest BCUT2D eigenvalue weighted by molar-refractivity contribution is 5.86. The zero-order chi connectivity index (χ0) is 16.3. The van der Waals surface area contributed by atoms with E-state index in [9.17, 15) is 9.59 Å². The number of carbonyl (C=O) groups excluding carboxylic acids is 2. The molecule has 122 valence electrons. The van der Waals surface area contributed by atoms with E-state index < -0.39 is 5.97 Å². The molecular weight excluding hydrogens is 272 g/mol. The predicted octanol–water partition coefficient (Wildman–Crippen LogP) is 1.91. The molecule has 0 fully saturated rings. The average Bonchev–Trinajstić information content (AvgIpc) is 2.46. The van der Waals surface area contributed by atoms with Crippen LogP contribution in [0.1, 0.15) is 27.7 Å². The van der Waals surface area contributed by atoms with Crippen LogP contribution in [0.2, 0.25) is 0 Å². The molecule has 21 heavy (non-hydrogen) atoms. The molecule has 6 heteroatoms. The third-order valence-electron chi connectivity index (χ3n) is 3.05. The standard InChI is InChI=1S/C15H28N2O4/c1-6-16(7-2)9-10-17(15(19)20-8-3)11-12-21-14(18)13(4)5/h4,6-12H2,1-3,5H3. The fraction of sp³-hybridized carbons (Fsp3) is 0.733. The summed E-state index contributed by atoms with van der Waals surface area (Å²) in [5.41, 5.74) is 0.348. The van der Waals surface area contributed by atoms with E-state index in [-0.39, 0.29) is 12.7 Å². The minimum Gasteiger partial charge on any atom is -0.460 e. The highest BCUT2D eigenvalue weighted by Gasteiger charge is 2.16. The summed E-state index contributed by atoms with van der Waals surface area (Å²) in [5.74, 6) is -0.442. The van der Waals surface area contributed by atoms with Gasteiger partial charge in [-0.25, -0.2) is 9.59 Å². The highest BCUT2D eigenvalue weighted by atomic mass is 16.6. The van der Waals surface area contributed by atoms with Crippen molar-refractivity contribution < 1.29 is 19.1 Å². The Bertz CT molecular complexity index is 341. The first-order valence-electron chi connectivity index (χ1n) is 7.42. The van der Waals surface area contributed by atoms with Crippen LogP contribution in [-0.2, 0) is 14.3 Å². The number of ether oxygens (including phenoxy) is 2. The maximum Gasteiger partial charge on any atom is 0.409 e. The molecule has 0 aliphatic heterocycles. The minimum atomic E-state index is -0.442. The second-order valence-corrected chi connectivity index (χ2v) is 4.63. The average molecular weight is 300 g/mol. The van der Waals surface area contributed by atoms with E-state index in [2.05, 4.69) is 25.3 Å². The predicted molar refractivity (Wildman–Crippen MR) is 82.2 cm³/mol. The Kier molecular flexibility index (Phi) is 10.3. The third kappa shape index (κ3) is 8.34. The molecule has 0 aromatic carbocycles. The Morgan fingerprint density at radius 1 is 1.00 bits per heavy atom. The van der Waals surface area contributed by atoms with Crippen LogP contribution in [0.3, 0.4) is 0 Å². The third-order valence-corrected chi connectivity index (χ3v) is 3.05. The number of carbonyl (C=O) groups is 2. The highest BCUT2D eigenvalue weighted by Crippen LogP contribution is 1.99. The molecular formula is C15H28N2O4. The summed E-state index contributed by atoms with van der Waals surface area (Å²) in [4.78, 5) is 27.0. The molecule has 0 N–H and O–H groups in total. The fourth-order valence-electron chi connectivity index (χ4n) is 1.68. The van der Waals surface area contributed by atoms with Gasteiger partial charge in [0, 0.05) is 18.7 Å². The van der Waals surface area contributed by atoms with Gasteiger partial charge in [-0.3, -0.25) is 0 Å². The quantitative estimate of drug-likeness (QED) is 0.455. The first-order valence-corrected chi connectivity index (χ1v) is 7.42. The van der Waals surface area contributed by atoms with E-state index in [0.29, 0.717) is 25.3 Å². The van der Waals surface area contributed by atoms with Crippen molar-refractivity contribution in [1.82, 2.24) is 9.80 Å². The van der Waals surface area contributed by atoms with Crippen LogP contribution < -0.4 is 0 Å². The van der Waals surface area contributed by atoms with Crippen LogP contribution in [-0.4, -0.2) is 67.8 Å². The maximum atomic E-state index is 11.9. The molecule has 0 atom stereocenters. The number of nitrogens with zero attached hydrogens (tertiary/aromatic N) is 2. The lowest BCUT2D eigenvalue weighted by Crippen LogP contribution is -2.41. The van der Waals surface area contributed by atoms with Gasteiger partial charge in [0.1, 0.15) is 6.61 Å². The second-order valence-electron chi connectivity index (χ2n) is 4.63. The van der Waals surface area contributed by atoms with Crippen molar-refractivity contribution in [3.05, 3.63) is 12.2 Å². The van der Waals surface area contributed by atoms with E-state index in [1.165, 1.54) is 0 Å². The van der Waals surface area contributed by atoms with E-state index >= 15 is 0 Å². The van der Waals surface area contributed by atoms with Crippen molar-refractivity contribution in [2.45, 2.75) is 27.7 Å². The number of likely N-dealkylation sites (N-methyl/N-ethyl adjacent to an activating group) is 1. The van der Waals surface area contributed by atoms with Crippen LogP contribution >= 0.6 is 0 Å². The first-order chi connectivity index (χ1) is 9.96. The smallest absolute Gasteiger partial charge is 0.409 e. The zero-order valence-corrected chi connectivity index (χ0v) is 13.7. The molecule has 0 aliphatic rings. The van der Waals surface area contributed by atoms with Crippen molar-refractivity contribution in [1.29, 1.82) is 0 Å². The molecule has 0 unspecified atom stereocenters. The molecule has 0 bridgehead atoms. The number of hydrogen-bond acceptors (Lipinski definition) is 5. The van der Waals surface area contributed by atoms with Gasteiger partial charge in [-0.2, -0.15) is 0 Å². The van der Waals surface area contributed by atoms with Gasteiger partial charge in [0.2, 0.25) is 0 Å². The second kappa shape index (κ2) is 11.1. The molecule has 0 rings (SSSR count). The van der Waals surface area contributed by atoms with Gasteiger partial charge >= 0.3 is 12.1 Å². The number of hydrogen-bond donors (Lipinski definition) is 0. The molecule has 0 aromatic rings. The summed E-state index contributed by atoms with van der Waals surface area (Å²) >= 11 is 0. The number of rotatable bonds is 10. The van der Waals surface area contributed by atoms with Crippen molar-refractivity contribution >= 4 is 12.1 Å². The molecule has 0 heterocycles. The van der Waals surface area contributed by atoms with Crippen LogP contribution in [0.5, 0.6) is 0 Å². The Balaban J connectivity index is 4.35. The van der Waals surface area contributed by atoms with Gasteiger partial charge in [0.25, 0.3) is 0 Å². The molecule has 0 saturated heterocycles. The maximum absolute atomic E-state index is 11.9.